The summed E-state index contributed by atoms with van der Waals surface area (Å²) in [7, 11) is 0. The summed E-state index contributed by atoms with van der Waals surface area (Å²) in [6.07, 6.45) is 1.30. The van der Waals surface area contributed by atoms with Crippen molar-refractivity contribution in [2.24, 2.45) is 0 Å². The molecule has 0 aliphatic carbocycles. The van der Waals surface area contributed by atoms with Crippen molar-refractivity contribution in [2.75, 3.05) is 36.5 Å². The van der Waals surface area contributed by atoms with Gasteiger partial charge in [-0.1, -0.05) is 15.9 Å². The monoisotopic (exact) mass is 223 g/mol. The molecule has 1 rings (SSSR count). The van der Waals surface area contributed by atoms with Gasteiger partial charge in [0.1, 0.15) is 0 Å². The van der Waals surface area contributed by atoms with Gasteiger partial charge in [-0.2, -0.15) is 11.8 Å². The molecule has 0 radical (unpaired) electrons. The quantitative estimate of drug-likeness (QED) is 0.673. The van der Waals surface area contributed by atoms with E-state index >= 15 is 0 Å². The van der Waals surface area contributed by atoms with Gasteiger partial charge in [-0.05, 0) is 13.0 Å². The van der Waals surface area contributed by atoms with E-state index in [0.717, 1.165) is 5.33 Å². The van der Waals surface area contributed by atoms with Gasteiger partial charge in [0.2, 0.25) is 0 Å². The van der Waals surface area contributed by atoms with Crippen LogP contribution in [0.2, 0.25) is 0 Å². The van der Waals surface area contributed by atoms with Gasteiger partial charge in [-0.3, -0.25) is 0 Å². The van der Waals surface area contributed by atoms with Crippen molar-refractivity contribution in [3.8, 4) is 0 Å². The highest BCUT2D eigenvalue weighted by molar-refractivity contribution is 9.09. The van der Waals surface area contributed by atoms with Crippen molar-refractivity contribution in [1.82, 2.24) is 4.90 Å². The summed E-state index contributed by atoms with van der Waals surface area (Å²) in [5, 5.41) is 1.15. The predicted octanol–water partition coefficient (Wildman–Crippen LogP) is 1.82. The zero-order valence-corrected chi connectivity index (χ0v) is 8.59. The number of hydrogen-bond donors (Lipinski definition) is 0. The summed E-state index contributed by atoms with van der Waals surface area (Å²) >= 11 is 5.52. The smallest absolute Gasteiger partial charge is 0.00727 e. The molecular weight excluding hydrogens is 210 g/mol. The summed E-state index contributed by atoms with van der Waals surface area (Å²) in [5.41, 5.74) is 0. The molecule has 1 aliphatic heterocycles. The number of nitrogens with zero attached hydrogens (tertiary/aromatic N) is 1. The van der Waals surface area contributed by atoms with E-state index in [4.69, 9.17) is 0 Å². The Bertz CT molecular complexity index is 83.7. The standard InChI is InChI=1S/C7H14BrNS/c8-2-1-3-9-4-6-10-7-5-9/h1-7H2. The van der Waals surface area contributed by atoms with Crippen molar-refractivity contribution in [3.63, 3.8) is 0 Å². The Balaban J connectivity index is 2.02. The van der Waals surface area contributed by atoms with Crippen molar-refractivity contribution < 1.29 is 0 Å². The molecule has 0 aromatic rings. The SMILES string of the molecule is BrCCCN1CCSCC1. The molecule has 0 aromatic carbocycles. The van der Waals surface area contributed by atoms with E-state index in [-0.39, 0.29) is 0 Å². The number of hydrogen-bond acceptors (Lipinski definition) is 2. The zero-order chi connectivity index (χ0) is 7.23. The van der Waals surface area contributed by atoms with Crippen LogP contribution < -0.4 is 0 Å². The summed E-state index contributed by atoms with van der Waals surface area (Å²) in [4.78, 5) is 2.55. The molecule has 0 unspecified atom stereocenters. The van der Waals surface area contributed by atoms with Crippen LogP contribution in [-0.4, -0.2) is 41.4 Å². The zero-order valence-electron chi connectivity index (χ0n) is 6.18. The second-order valence-electron chi connectivity index (χ2n) is 2.50. The molecule has 0 N–H and O–H groups in total. The molecule has 1 nitrogen and oxygen atoms in total. The average Bonchev–Trinajstić information content (AvgIpc) is 2.03. The summed E-state index contributed by atoms with van der Waals surface area (Å²) in [5.74, 6) is 2.67. The number of thioether (sulfide) groups is 1. The van der Waals surface area contributed by atoms with E-state index in [2.05, 4.69) is 32.6 Å². The highest BCUT2D eigenvalue weighted by atomic mass is 79.9. The topological polar surface area (TPSA) is 3.24 Å². The van der Waals surface area contributed by atoms with Gasteiger partial charge in [0, 0.05) is 29.9 Å². The maximum absolute atomic E-state index is 3.44. The third-order valence-corrected chi connectivity index (χ3v) is 3.21. The molecule has 0 amide bonds. The fourth-order valence-corrected chi connectivity index (χ4v) is 2.34. The third kappa shape index (κ3) is 3.26. The molecule has 0 spiro atoms. The molecule has 0 atom stereocenters. The van der Waals surface area contributed by atoms with Crippen LogP contribution in [0, 0.1) is 0 Å². The number of halogens is 1. The molecule has 1 fully saturated rings. The van der Waals surface area contributed by atoms with Gasteiger partial charge in [-0.15, -0.1) is 0 Å². The van der Waals surface area contributed by atoms with Crippen molar-refractivity contribution in [3.05, 3.63) is 0 Å². The second-order valence-corrected chi connectivity index (χ2v) is 4.51. The van der Waals surface area contributed by atoms with Crippen molar-refractivity contribution in [2.45, 2.75) is 6.42 Å². The van der Waals surface area contributed by atoms with Gasteiger partial charge in [0.15, 0.2) is 0 Å². The van der Waals surface area contributed by atoms with Crippen molar-refractivity contribution in [1.29, 1.82) is 0 Å². The summed E-state index contributed by atoms with van der Waals surface area (Å²) in [6, 6.07) is 0. The van der Waals surface area contributed by atoms with Gasteiger partial charge in [-0.25, -0.2) is 0 Å². The number of rotatable bonds is 3. The Kier molecular flexibility index (Phi) is 4.83. The van der Waals surface area contributed by atoms with E-state index < -0.39 is 0 Å². The first-order chi connectivity index (χ1) is 4.93. The lowest BCUT2D eigenvalue weighted by molar-refractivity contribution is 0.304. The minimum atomic E-state index is 1.15. The van der Waals surface area contributed by atoms with Crippen molar-refractivity contribution >= 4 is 27.7 Å². The first-order valence-corrected chi connectivity index (χ1v) is 6.07. The molecular formula is C7H14BrNS. The van der Waals surface area contributed by atoms with E-state index in [0.29, 0.717) is 0 Å². The average molecular weight is 224 g/mol. The highest BCUT2D eigenvalue weighted by Gasteiger charge is 2.08. The van der Waals surface area contributed by atoms with E-state index in [1.165, 1.54) is 37.6 Å². The molecule has 0 aromatic heterocycles. The number of alkyl halides is 1. The van der Waals surface area contributed by atoms with Crippen LogP contribution in [0.5, 0.6) is 0 Å². The first kappa shape index (κ1) is 8.88. The lowest BCUT2D eigenvalue weighted by atomic mass is 10.4. The molecule has 3 heteroatoms. The minimum Gasteiger partial charge on any atom is -0.302 e. The maximum Gasteiger partial charge on any atom is 0.00727 e. The van der Waals surface area contributed by atoms with E-state index in [1.807, 2.05) is 0 Å². The fraction of sp³-hybridized carbons (Fsp3) is 1.00. The van der Waals surface area contributed by atoms with Crippen LogP contribution in [0.15, 0.2) is 0 Å². The molecule has 10 heavy (non-hydrogen) atoms. The Hall–Kier alpha value is 0.790. The van der Waals surface area contributed by atoms with Gasteiger partial charge in [0.25, 0.3) is 0 Å². The molecule has 1 heterocycles. The lowest BCUT2D eigenvalue weighted by Crippen LogP contribution is -2.33. The van der Waals surface area contributed by atoms with Gasteiger partial charge < -0.3 is 4.90 Å². The van der Waals surface area contributed by atoms with E-state index in [1.54, 1.807) is 0 Å². The summed E-state index contributed by atoms with van der Waals surface area (Å²) < 4.78 is 0. The largest absolute Gasteiger partial charge is 0.302 e. The third-order valence-electron chi connectivity index (χ3n) is 1.71. The molecule has 0 saturated carbocycles. The summed E-state index contributed by atoms with van der Waals surface area (Å²) in [6.45, 7) is 3.89. The van der Waals surface area contributed by atoms with Crippen LogP contribution in [-0.2, 0) is 0 Å². The first-order valence-electron chi connectivity index (χ1n) is 3.79. The van der Waals surface area contributed by atoms with E-state index in [9.17, 15) is 0 Å². The molecule has 0 bridgehead atoms. The Morgan fingerprint density at radius 2 is 2.00 bits per heavy atom. The Labute approximate surface area is 75.7 Å². The fourth-order valence-electron chi connectivity index (χ4n) is 1.11. The van der Waals surface area contributed by atoms with Crippen LogP contribution >= 0.6 is 27.7 Å². The van der Waals surface area contributed by atoms with Gasteiger partial charge >= 0.3 is 0 Å². The second kappa shape index (κ2) is 5.44. The van der Waals surface area contributed by atoms with Crippen LogP contribution in [0.25, 0.3) is 0 Å². The predicted molar refractivity (Wildman–Crippen MR) is 52.2 cm³/mol. The van der Waals surface area contributed by atoms with Crippen LogP contribution in [0.1, 0.15) is 6.42 Å². The molecule has 1 saturated heterocycles. The minimum absolute atomic E-state index is 1.15. The molecule has 1 aliphatic rings. The Morgan fingerprint density at radius 3 is 2.60 bits per heavy atom. The normalized spacial score (nSPS) is 21.3. The Morgan fingerprint density at radius 1 is 1.30 bits per heavy atom. The van der Waals surface area contributed by atoms with Crippen LogP contribution in [0.4, 0.5) is 0 Å². The molecule has 60 valence electrons. The van der Waals surface area contributed by atoms with Gasteiger partial charge in [0.05, 0.1) is 0 Å². The maximum atomic E-state index is 3.44. The lowest BCUT2D eigenvalue weighted by Gasteiger charge is -2.25. The highest BCUT2D eigenvalue weighted by Crippen LogP contribution is 2.09. The van der Waals surface area contributed by atoms with Crippen LogP contribution in [0.3, 0.4) is 0 Å².